The van der Waals surface area contributed by atoms with E-state index in [1.54, 1.807) is 0 Å². The zero-order valence-electron chi connectivity index (χ0n) is 18.4. The Balaban J connectivity index is 1.65. The molecule has 174 valence electrons. The molecule has 2 aromatic rings. The van der Waals surface area contributed by atoms with Gasteiger partial charge in [-0.05, 0) is 36.6 Å². The van der Waals surface area contributed by atoms with Crippen molar-refractivity contribution in [1.29, 1.82) is 0 Å². The summed E-state index contributed by atoms with van der Waals surface area (Å²) in [6.45, 7) is 5.12. The number of nitrogens with zero attached hydrogens (tertiary/aromatic N) is 1. The summed E-state index contributed by atoms with van der Waals surface area (Å²) in [5.41, 5.74) is 0.439. The largest absolute Gasteiger partial charge is 0.493 e. The molecule has 1 fully saturated rings. The minimum absolute atomic E-state index is 0.0419. The number of benzene rings is 2. The van der Waals surface area contributed by atoms with Crippen molar-refractivity contribution in [3.63, 3.8) is 0 Å². The summed E-state index contributed by atoms with van der Waals surface area (Å²) in [4.78, 5) is 15.0. The Kier molecular flexibility index (Phi) is 8.56. The van der Waals surface area contributed by atoms with E-state index >= 15 is 0 Å². The number of carbonyl (C=O) groups excluding carboxylic acids is 1. The van der Waals surface area contributed by atoms with Gasteiger partial charge in [0.2, 0.25) is 5.91 Å². The van der Waals surface area contributed by atoms with Gasteiger partial charge in [-0.25, -0.2) is 0 Å². The molecule has 1 N–H and O–H groups in total. The monoisotopic (exact) mass is 448 g/mol. The number of nitrogens with one attached hydrogen (secondary N) is 1. The molecule has 32 heavy (non-hydrogen) atoms. The second-order valence-electron chi connectivity index (χ2n) is 8.46. The number of rotatable bonds is 9. The Morgan fingerprint density at radius 3 is 2.62 bits per heavy atom. The number of unbranched alkanes of at least 4 members (excludes halogenated alkanes) is 1. The Morgan fingerprint density at radius 2 is 1.91 bits per heavy atom. The van der Waals surface area contributed by atoms with Gasteiger partial charge >= 0.3 is 6.18 Å². The maximum absolute atomic E-state index is 13.0. The van der Waals surface area contributed by atoms with Crippen LogP contribution in [0.5, 0.6) is 5.75 Å². The van der Waals surface area contributed by atoms with Gasteiger partial charge in [-0.15, -0.1) is 0 Å². The van der Waals surface area contributed by atoms with Gasteiger partial charge in [0.1, 0.15) is 5.75 Å². The average molecular weight is 449 g/mol. The maximum atomic E-state index is 13.0. The van der Waals surface area contributed by atoms with Gasteiger partial charge in [-0.1, -0.05) is 49.7 Å². The summed E-state index contributed by atoms with van der Waals surface area (Å²) in [6, 6.07) is 15.0. The molecule has 0 unspecified atom stereocenters. The molecule has 1 aliphatic rings. The highest BCUT2D eigenvalue weighted by Crippen LogP contribution is 2.32. The molecule has 0 bridgehead atoms. The van der Waals surface area contributed by atoms with Crippen molar-refractivity contribution >= 4 is 5.91 Å². The topological polar surface area (TPSA) is 41.6 Å². The van der Waals surface area contributed by atoms with E-state index in [0.29, 0.717) is 19.5 Å². The molecule has 4 nitrogen and oxygen atoms in total. The van der Waals surface area contributed by atoms with E-state index < -0.39 is 11.7 Å². The maximum Gasteiger partial charge on any atom is 0.416 e. The van der Waals surface area contributed by atoms with Crippen LogP contribution >= 0.6 is 0 Å². The number of halogens is 3. The Bertz CT molecular complexity index is 858. The van der Waals surface area contributed by atoms with Gasteiger partial charge in [-0.3, -0.25) is 9.69 Å². The normalized spacial score (nSPS) is 19.5. The van der Waals surface area contributed by atoms with Crippen molar-refractivity contribution in [3.05, 3.63) is 65.7 Å². The molecule has 0 aliphatic carbocycles. The first kappa shape index (κ1) is 24.1. The summed E-state index contributed by atoms with van der Waals surface area (Å²) >= 11 is 0. The molecular formula is C25H31F3N2O2. The van der Waals surface area contributed by atoms with E-state index in [2.05, 4.69) is 29.3 Å². The van der Waals surface area contributed by atoms with E-state index in [4.69, 9.17) is 4.74 Å². The summed E-state index contributed by atoms with van der Waals surface area (Å²) in [5.74, 6) is 0.118. The van der Waals surface area contributed by atoms with E-state index in [9.17, 15) is 18.0 Å². The molecule has 0 aromatic heterocycles. The third kappa shape index (κ3) is 7.26. The summed E-state index contributed by atoms with van der Waals surface area (Å²) in [6.07, 6.45) is -1.80. The van der Waals surface area contributed by atoms with Crippen LogP contribution in [0.25, 0.3) is 0 Å². The number of alkyl halides is 3. The van der Waals surface area contributed by atoms with E-state index in [1.807, 2.05) is 18.2 Å². The molecule has 1 aliphatic heterocycles. The smallest absolute Gasteiger partial charge is 0.416 e. The van der Waals surface area contributed by atoms with Crippen LogP contribution in [-0.4, -0.2) is 37.0 Å². The third-order valence-corrected chi connectivity index (χ3v) is 5.71. The van der Waals surface area contributed by atoms with Crippen molar-refractivity contribution in [1.82, 2.24) is 10.2 Å². The van der Waals surface area contributed by atoms with Crippen molar-refractivity contribution in [2.45, 2.75) is 38.9 Å². The highest BCUT2D eigenvalue weighted by atomic mass is 19.4. The zero-order valence-corrected chi connectivity index (χ0v) is 18.4. The summed E-state index contributed by atoms with van der Waals surface area (Å²) in [5, 5.41) is 3.02. The molecule has 1 heterocycles. The molecule has 1 saturated heterocycles. The lowest BCUT2D eigenvalue weighted by molar-refractivity contribution is -0.137. The number of carbonyl (C=O) groups is 1. The van der Waals surface area contributed by atoms with Gasteiger partial charge in [0.25, 0.3) is 0 Å². The number of hydrogen-bond acceptors (Lipinski definition) is 3. The highest BCUT2D eigenvalue weighted by molar-refractivity contribution is 5.79. The number of piperidine rings is 1. The standard InChI is InChI=1S/C25H31F3N2O2/c1-2-3-12-29-24(31)21-13-20(16-30(17-21)15-19-8-5-4-6-9-19)18-32-23-11-7-10-22(14-23)25(26,27)28/h4-11,14,20-21H,2-3,12-13,15-18H2,1H3,(H,29,31)/t20-,21+/m0/s1. The van der Waals surface area contributed by atoms with Gasteiger partial charge in [0.15, 0.2) is 0 Å². The molecule has 7 heteroatoms. The van der Waals surface area contributed by atoms with Crippen LogP contribution in [-0.2, 0) is 17.5 Å². The Morgan fingerprint density at radius 1 is 1.12 bits per heavy atom. The van der Waals surface area contributed by atoms with Crippen LogP contribution in [0.2, 0.25) is 0 Å². The number of ether oxygens (including phenoxy) is 1. The van der Waals surface area contributed by atoms with E-state index in [-0.39, 0.29) is 30.1 Å². The van der Waals surface area contributed by atoms with Gasteiger partial charge in [-0.2, -0.15) is 13.2 Å². The van der Waals surface area contributed by atoms with Crippen LogP contribution in [0.1, 0.15) is 37.3 Å². The molecule has 2 atom stereocenters. The molecule has 1 amide bonds. The first-order valence-electron chi connectivity index (χ1n) is 11.2. The number of amides is 1. The fraction of sp³-hybridized carbons (Fsp3) is 0.480. The van der Waals surface area contributed by atoms with Gasteiger partial charge < -0.3 is 10.1 Å². The minimum Gasteiger partial charge on any atom is -0.493 e. The number of likely N-dealkylation sites (tertiary alicyclic amines) is 1. The summed E-state index contributed by atoms with van der Waals surface area (Å²) < 4.78 is 44.7. The minimum atomic E-state index is -4.40. The SMILES string of the molecule is CCCCNC(=O)[C@@H]1C[C@H](COc2cccc(C(F)(F)F)c2)CN(Cc2ccccc2)C1. The van der Waals surface area contributed by atoms with Gasteiger partial charge in [0.05, 0.1) is 18.1 Å². The van der Waals surface area contributed by atoms with Crippen LogP contribution in [0.3, 0.4) is 0 Å². The van der Waals surface area contributed by atoms with Crippen molar-refractivity contribution in [2.75, 3.05) is 26.2 Å². The molecule has 0 saturated carbocycles. The summed E-state index contributed by atoms with van der Waals surface area (Å²) in [7, 11) is 0. The molecule has 0 radical (unpaired) electrons. The van der Waals surface area contributed by atoms with Crippen molar-refractivity contribution in [3.8, 4) is 5.75 Å². The predicted molar refractivity (Wildman–Crippen MR) is 118 cm³/mol. The van der Waals surface area contributed by atoms with Crippen LogP contribution in [0, 0.1) is 11.8 Å². The molecule has 2 aromatic carbocycles. The lowest BCUT2D eigenvalue weighted by atomic mass is 9.88. The first-order valence-corrected chi connectivity index (χ1v) is 11.2. The van der Waals surface area contributed by atoms with Crippen molar-refractivity contribution < 1.29 is 22.7 Å². The Hall–Kier alpha value is -2.54. The third-order valence-electron chi connectivity index (χ3n) is 5.71. The van der Waals surface area contributed by atoms with Gasteiger partial charge in [0, 0.05) is 32.1 Å². The number of hydrogen-bond donors (Lipinski definition) is 1. The zero-order chi connectivity index (χ0) is 23.0. The quantitative estimate of drug-likeness (QED) is 0.540. The lowest BCUT2D eigenvalue weighted by Gasteiger charge is -2.37. The molecule has 0 spiro atoms. The van der Waals surface area contributed by atoms with Crippen LogP contribution in [0.15, 0.2) is 54.6 Å². The van der Waals surface area contributed by atoms with Crippen LogP contribution < -0.4 is 10.1 Å². The predicted octanol–water partition coefficient (Wildman–Crippen LogP) is 5.14. The fourth-order valence-electron chi connectivity index (χ4n) is 4.09. The van der Waals surface area contributed by atoms with E-state index in [0.717, 1.165) is 43.6 Å². The second-order valence-corrected chi connectivity index (χ2v) is 8.46. The van der Waals surface area contributed by atoms with E-state index in [1.165, 1.54) is 12.1 Å². The highest BCUT2D eigenvalue weighted by Gasteiger charge is 2.33. The fourth-order valence-corrected chi connectivity index (χ4v) is 4.09. The lowest BCUT2D eigenvalue weighted by Crippen LogP contribution is -2.47. The Labute approximate surface area is 187 Å². The second kappa shape index (κ2) is 11.4. The average Bonchev–Trinajstić information content (AvgIpc) is 2.78. The molecular weight excluding hydrogens is 417 g/mol. The molecule has 3 rings (SSSR count). The van der Waals surface area contributed by atoms with Crippen LogP contribution in [0.4, 0.5) is 13.2 Å². The van der Waals surface area contributed by atoms with Crippen molar-refractivity contribution in [2.24, 2.45) is 11.8 Å². The first-order chi connectivity index (χ1) is 15.3.